The first-order valence-electron chi connectivity index (χ1n) is 3.26. The second-order valence-corrected chi connectivity index (χ2v) is 2.59. The van der Waals surface area contributed by atoms with Crippen LogP contribution in [0.15, 0.2) is 0 Å². The van der Waals surface area contributed by atoms with Crippen LogP contribution in [0.4, 0.5) is 0 Å². The monoisotopic (exact) mass is 136 g/mol. The van der Waals surface area contributed by atoms with Crippen LogP contribution >= 0.6 is 0 Å². The van der Waals surface area contributed by atoms with Crippen molar-refractivity contribution in [1.29, 1.82) is 0 Å². The fraction of sp³-hybridized carbons (Fsp3) is 0.556. The highest BCUT2D eigenvalue weighted by Gasteiger charge is 2.13. The molecule has 0 amide bonds. The Bertz CT molecular complexity index is 185. The maximum atomic E-state index is 5.12. The first-order valence-corrected chi connectivity index (χ1v) is 3.26. The Morgan fingerprint density at radius 1 is 1.50 bits per heavy atom. The van der Waals surface area contributed by atoms with Gasteiger partial charge in [0.05, 0.1) is 0 Å². The molecule has 10 heavy (non-hydrogen) atoms. The van der Waals surface area contributed by atoms with Crippen molar-refractivity contribution in [3.05, 3.63) is 0 Å². The normalized spacial score (nSPS) is 9.00. The first-order chi connectivity index (χ1) is 4.62. The van der Waals surface area contributed by atoms with E-state index >= 15 is 0 Å². The van der Waals surface area contributed by atoms with Crippen molar-refractivity contribution in [2.45, 2.75) is 32.8 Å². The van der Waals surface area contributed by atoms with Crippen LogP contribution < -0.4 is 0 Å². The second-order valence-electron chi connectivity index (χ2n) is 2.59. The van der Waals surface area contributed by atoms with Crippen molar-refractivity contribution < 1.29 is 4.74 Å². The van der Waals surface area contributed by atoms with Gasteiger partial charge in [0.1, 0.15) is 11.7 Å². The average molecular weight is 136 g/mol. The Labute approximate surface area is 62.8 Å². The second kappa shape index (κ2) is 3.85. The lowest BCUT2D eigenvalue weighted by Crippen LogP contribution is -2.20. The molecular weight excluding hydrogens is 124 g/mol. The third-order valence-corrected chi connectivity index (χ3v) is 1.30. The van der Waals surface area contributed by atoms with E-state index in [2.05, 4.69) is 17.9 Å². The minimum Gasteiger partial charge on any atom is -0.440 e. The van der Waals surface area contributed by atoms with Crippen molar-refractivity contribution in [1.82, 2.24) is 0 Å². The molecule has 0 aromatic carbocycles. The Hall–Kier alpha value is -1.08. The number of hydrogen-bond acceptors (Lipinski definition) is 1. The molecule has 0 unspecified atom stereocenters. The van der Waals surface area contributed by atoms with Crippen LogP contribution in [0.25, 0.3) is 0 Å². The summed E-state index contributed by atoms with van der Waals surface area (Å²) >= 11 is 0. The molecule has 0 rings (SSSR count). The predicted octanol–water partition coefficient (Wildman–Crippen LogP) is 1.79. The molecule has 54 valence electrons. The van der Waals surface area contributed by atoms with Crippen LogP contribution in [0.1, 0.15) is 27.2 Å². The van der Waals surface area contributed by atoms with Gasteiger partial charge in [-0.05, 0) is 26.2 Å². The van der Waals surface area contributed by atoms with Crippen molar-refractivity contribution >= 4 is 0 Å². The maximum Gasteiger partial charge on any atom is 0.125 e. The lowest BCUT2D eigenvalue weighted by molar-refractivity contribution is 0.0725. The number of ether oxygens (including phenoxy) is 1. The molecule has 0 bridgehead atoms. The zero-order chi connectivity index (χ0) is 8.04. The Balaban J connectivity index is 3.81. The van der Waals surface area contributed by atoms with Crippen molar-refractivity contribution in [3.8, 4) is 24.4 Å². The summed E-state index contributed by atoms with van der Waals surface area (Å²) in [6, 6.07) is 0. The molecule has 0 aliphatic rings. The minimum atomic E-state index is -0.177. The minimum absolute atomic E-state index is 0.177. The first kappa shape index (κ1) is 8.92. The van der Waals surface area contributed by atoms with Gasteiger partial charge in [-0.2, -0.15) is 0 Å². The van der Waals surface area contributed by atoms with Gasteiger partial charge in [0.25, 0.3) is 0 Å². The molecule has 0 N–H and O–H groups in total. The van der Waals surface area contributed by atoms with Crippen molar-refractivity contribution in [2.24, 2.45) is 0 Å². The van der Waals surface area contributed by atoms with Crippen molar-refractivity contribution in [2.75, 3.05) is 0 Å². The van der Waals surface area contributed by atoms with E-state index in [1.165, 1.54) is 0 Å². The topological polar surface area (TPSA) is 9.23 Å². The van der Waals surface area contributed by atoms with Gasteiger partial charge in [-0.25, -0.2) is 0 Å². The summed E-state index contributed by atoms with van der Waals surface area (Å²) in [5, 5.41) is 0. The highest BCUT2D eigenvalue weighted by Crippen LogP contribution is 2.11. The van der Waals surface area contributed by atoms with E-state index < -0.39 is 0 Å². The number of terminal acetylenes is 1. The fourth-order valence-corrected chi connectivity index (χ4v) is 0.265. The van der Waals surface area contributed by atoms with Gasteiger partial charge in [0.15, 0.2) is 0 Å². The van der Waals surface area contributed by atoms with Crippen LogP contribution in [0.2, 0.25) is 0 Å². The maximum absolute atomic E-state index is 5.12. The summed E-state index contributed by atoms with van der Waals surface area (Å²) in [4.78, 5) is 0. The lowest BCUT2D eigenvalue weighted by atomic mass is 10.1. The molecule has 0 aliphatic carbocycles. The van der Waals surface area contributed by atoms with Crippen LogP contribution in [0, 0.1) is 24.4 Å². The number of rotatable bonds is 2. The van der Waals surface area contributed by atoms with Gasteiger partial charge in [0.2, 0.25) is 0 Å². The van der Waals surface area contributed by atoms with Gasteiger partial charge in [-0.15, -0.1) is 6.42 Å². The summed E-state index contributed by atoms with van der Waals surface area (Å²) in [7, 11) is 0. The summed E-state index contributed by atoms with van der Waals surface area (Å²) < 4.78 is 5.12. The zero-order valence-electron chi connectivity index (χ0n) is 6.69. The standard InChI is InChI=1S/C9H12O/c1-5-7-8-10-9(3,4)6-2/h1H,6H2,2-4H3. The molecule has 0 spiro atoms. The Kier molecular flexibility index (Phi) is 3.44. The molecule has 0 aliphatic heterocycles. The molecule has 0 atom stereocenters. The SMILES string of the molecule is C#CC#COC(C)(C)CC. The van der Waals surface area contributed by atoms with Crippen LogP contribution in [0.5, 0.6) is 0 Å². The molecular formula is C9H12O. The third kappa shape index (κ3) is 3.87. The van der Waals surface area contributed by atoms with Gasteiger partial charge >= 0.3 is 0 Å². The predicted molar refractivity (Wildman–Crippen MR) is 42.1 cm³/mol. The molecule has 0 saturated heterocycles. The van der Waals surface area contributed by atoms with E-state index in [-0.39, 0.29) is 5.60 Å². The van der Waals surface area contributed by atoms with Gasteiger partial charge in [0, 0.05) is 5.92 Å². The molecule has 0 aromatic heterocycles. The van der Waals surface area contributed by atoms with Gasteiger partial charge in [-0.3, -0.25) is 0 Å². The Morgan fingerprint density at radius 2 is 2.10 bits per heavy atom. The van der Waals surface area contributed by atoms with E-state index in [1.807, 2.05) is 20.8 Å². The summed E-state index contributed by atoms with van der Waals surface area (Å²) in [5.41, 5.74) is -0.177. The van der Waals surface area contributed by atoms with E-state index in [4.69, 9.17) is 11.2 Å². The quantitative estimate of drug-likeness (QED) is 0.526. The van der Waals surface area contributed by atoms with E-state index in [0.717, 1.165) is 6.42 Å². The molecule has 0 fully saturated rings. The zero-order valence-corrected chi connectivity index (χ0v) is 6.69. The van der Waals surface area contributed by atoms with E-state index in [9.17, 15) is 0 Å². The fourth-order valence-electron chi connectivity index (χ4n) is 0.265. The Morgan fingerprint density at radius 3 is 2.50 bits per heavy atom. The number of hydrogen-bond donors (Lipinski definition) is 0. The lowest BCUT2D eigenvalue weighted by Gasteiger charge is -2.18. The average Bonchev–Trinajstić information content (AvgIpc) is 1.89. The summed E-state index contributed by atoms with van der Waals surface area (Å²) in [6.45, 7) is 5.98. The molecule has 1 heteroatoms. The summed E-state index contributed by atoms with van der Waals surface area (Å²) in [5.74, 6) is 4.57. The molecule has 0 heterocycles. The van der Waals surface area contributed by atoms with Gasteiger partial charge < -0.3 is 4.74 Å². The van der Waals surface area contributed by atoms with Crippen molar-refractivity contribution in [3.63, 3.8) is 0 Å². The van der Waals surface area contributed by atoms with Crippen LogP contribution in [-0.2, 0) is 4.74 Å². The molecule has 0 radical (unpaired) electrons. The van der Waals surface area contributed by atoms with E-state index in [0.29, 0.717) is 0 Å². The smallest absolute Gasteiger partial charge is 0.125 e. The van der Waals surface area contributed by atoms with Gasteiger partial charge in [-0.1, -0.05) is 6.92 Å². The highest BCUT2D eigenvalue weighted by molar-refractivity contribution is 5.19. The molecule has 1 nitrogen and oxygen atoms in total. The largest absolute Gasteiger partial charge is 0.440 e. The van der Waals surface area contributed by atoms with Crippen LogP contribution in [-0.4, -0.2) is 5.60 Å². The molecule has 0 saturated carbocycles. The van der Waals surface area contributed by atoms with E-state index in [1.54, 1.807) is 0 Å². The molecule has 0 aromatic rings. The summed E-state index contributed by atoms with van der Waals surface area (Å²) in [6.07, 6.45) is 8.26. The third-order valence-electron chi connectivity index (χ3n) is 1.30. The highest BCUT2D eigenvalue weighted by atomic mass is 16.5. The van der Waals surface area contributed by atoms with Crippen LogP contribution in [0.3, 0.4) is 0 Å².